The topological polar surface area (TPSA) is 117 Å². The van der Waals surface area contributed by atoms with E-state index < -0.39 is 5.97 Å². The molecule has 9 heteroatoms. The number of aliphatic carboxylic acids is 1. The molecule has 1 aliphatic rings. The third-order valence-electron chi connectivity index (χ3n) is 3.78. The molecule has 0 atom stereocenters. The van der Waals surface area contributed by atoms with E-state index in [2.05, 4.69) is 25.6 Å². The molecule has 27 heavy (non-hydrogen) atoms. The average Bonchev–Trinajstić information content (AvgIpc) is 2.71. The van der Waals surface area contributed by atoms with E-state index in [0.29, 0.717) is 23.9 Å². The fraction of sp³-hybridized carbons (Fsp3) is 0.278. The van der Waals surface area contributed by atoms with Gasteiger partial charge in [-0.1, -0.05) is 17.8 Å². The molecule has 0 aliphatic carbocycles. The Morgan fingerprint density at radius 3 is 2.85 bits per heavy atom. The molecule has 1 aromatic carbocycles. The molecule has 0 spiro atoms. The number of nitrogens with zero attached hydrogens (tertiary/aromatic N) is 3. The molecule has 2 heterocycles. The number of aliphatic imine (C=N–C) groups is 1. The molecule has 8 nitrogen and oxygen atoms in total. The first-order valence-electron chi connectivity index (χ1n) is 8.41. The van der Waals surface area contributed by atoms with Gasteiger partial charge in [0.1, 0.15) is 0 Å². The number of nitrogens with one attached hydrogen (secondary N) is 2. The summed E-state index contributed by atoms with van der Waals surface area (Å²) < 4.78 is 0. The van der Waals surface area contributed by atoms with Crippen LogP contribution < -0.4 is 10.6 Å². The van der Waals surface area contributed by atoms with E-state index in [1.165, 1.54) is 18.7 Å². The molecule has 140 valence electrons. The molecule has 0 radical (unpaired) electrons. The van der Waals surface area contributed by atoms with Gasteiger partial charge in [-0.3, -0.25) is 9.79 Å². The number of benzene rings is 1. The standard InChI is InChI=1S/C18H19N5O3S/c1-11(24)21-13-5-2-6-14(8-13)22-18-20-9-12-4-3-7-19-16(17(25)26)27-10-15(12)23-18/h2,5-6,8-9H,3-4,7,10H2,1H3,(H,21,24)(H,25,26)(H,20,22,23)/b19-16-. The molecule has 1 aliphatic heterocycles. The number of anilines is 3. The third kappa shape index (κ3) is 5.27. The maximum atomic E-state index is 11.2. The van der Waals surface area contributed by atoms with Gasteiger partial charge in [0.25, 0.3) is 0 Å². The van der Waals surface area contributed by atoms with Crippen molar-refractivity contribution in [1.29, 1.82) is 0 Å². The number of hydrogen-bond donors (Lipinski definition) is 3. The van der Waals surface area contributed by atoms with Gasteiger partial charge in [0.15, 0.2) is 5.04 Å². The highest BCUT2D eigenvalue weighted by Crippen LogP contribution is 2.23. The largest absolute Gasteiger partial charge is 0.476 e. The molecule has 1 amide bonds. The predicted octanol–water partition coefficient (Wildman–Crippen LogP) is 2.84. The van der Waals surface area contributed by atoms with Gasteiger partial charge in [-0.25, -0.2) is 14.8 Å². The lowest BCUT2D eigenvalue weighted by Crippen LogP contribution is -2.10. The van der Waals surface area contributed by atoms with Crippen LogP contribution in [0.25, 0.3) is 0 Å². The summed E-state index contributed by atoms with van der Waals surface area (Å²) in [6.45, 7) is 1.93. The van der Waals surface area contributed by atoms with Crippen LogP contribution in [0, 0.1) is 0 Å². The van der Waals surface area contributed by atoms with Crippen LogP contribution in [0.3, 0.4) is 0 Å². The molecule has 1 aromatic heterocycles. The highest BCUT2D eigenvalue weighted by molar-refractivity contribution is 8.15. The number of carboxylic acids is 1. The first-order valence-corrected chi connectivity index (χ1v) is 9.40. The number of carbonyl (C=O) groups excluding carboxylic acids is 1. The van der Waals surface area contributed by atoms with Crippen LogP contribution in [0.1, 0.15) is 24.6 Å². The Hall–Kier alpha value is -2.94. The Kier molecular flexibility index (Phi) is 6.02. The van der Waals surface area contributed by atoms with Gasteiger partial charge in [0.05, 0.1) is 5.69 Å². The summed E-state index contributed by atoms with van der Waals surface area (Å²) in [7, 11) is 0. The number of amides is 1. The molecule has 2 aromatic rings. The van der Waals surface area contributed by atoms with Gasteiger partial charge in [-0.05, 0) is 36.6 Å². The van der Waals surface area contributed by atoms with Crippen molar-refractivity contribution < 1.29 is 14.7 Å². The normalized spacial score (nSPS) is 16.0. The zero-order valence-electron chi connectivity index (χ0n) is 14.7. The summed E-state index contributed by atoms with van der Waals surface area (Å²) in [6.07, 6.45) is 3.28. The van der Waals surface area contributed by atoms with Crippen molar-refractivity contribution in [3.63, 3.8) is 0 Å². The molecule has 3 rings (SSSR count). The van der Waals surface area contributed by atoms with Crippen molar-refractivity contribution >= 4 is 46.0 Å². The first-order chi connectivity index (χ1) is 13.0. The number of carbonyl (C=O) groups is 2. The van der Waals surface area contributed by atoms with Crippen LogP contribution in [-0.4, -0.2) is 38.5 Å². The van der Waals surface area contributed by atoms with Crippen molar-refractivity contribution in [3.8, 4) is 0 Å². The Bertz CT molecular complexity index is 900. The molecule has 0 saturated heterocycles. The fourth-order valence-corrected chi connectivity index (χ4v) is 3.43. The molecular formula is C18H19N5O3S. The smallest absolute Gasteiger partial charge is 0.360 e. The van der Waals surface area contributed by atoms with E-state index in [-0.39, 0.29) is 11.0 Å². The molecule has 3 N–H and O–H groups in total. The maximum absolute atomic E-state index is 11.2. The predicted molar refractivity (Wildman–Crippen MR) is 106 cm³/mol. The number of carboxylic acid groups (broad SMARTS) is 1. The number of aryl methyl sites for hydroxylation is 1. The number of hydrogen-bond acceptors (Lipinski definition) is 7. The fourth-order valence-electron chi connectivity index (χ4n) is 2.61. The number of rotatable bonds is 4. The summed E-state index contributed by atoms with van der Waals surface area (Å²) in [5.74, 6) is -0.314. The minimum atomic E-state index is -1.01. The van der Waals surface area contributed by atoms with Crippen molar-refractivity contribution in [2.75, 3.05) is 17.2 Å². The van der Waals surface area contributed by atoms with E-state index in [0.717, 1.165) is 29.8 Å². The van der Waals surface area contributed by atoms with Crippen molar-refractivity contribution in [2.45, 2.75) is 25.5 Å². The van der Waals surface area contributed by atoms with E-state index in [9.17, 15) is 14.7 Å². The number of thioether (sulfide) groups is 1. The third-order valence-corrected chi connectivity index (χ3v) is 4.78. The number of aromatic nitrogens is 2. The lowest BCUT2D eigenvalue weighted by Gasteiger charge is -2.11. The summed E-state index contributed by atoms with van der Waals surface area (Å²) in [5, 5.41) is 15.2. The summed E-state index contributed by atoms with van der Waals surface area (Å²) in [4.78, 5) is 35.5. The molecule has 0 saturated carbocycles. The quantitative estimate of drug-likeness (QED) is 0.741. The second kappa shape index (κ2) is 8.63. The lowest BCUT2D eigenvalue weighted by molar-refractivity contribution is -0.129. The lowest BCUT2D eigenvalue weighted by atomic mass is 10.1. The van der Waals surface area contributed by atoms with Gasteiger partial charge < -0.3 is 15.7 Å². The van der Waals surface area contributed by atoms with Gasteiger partial charge in [0, 0.05) is 36.8 Å². The monoisotopic (exact) mass is 385 g/mol. The highest BCUT2D eigenvalue weighted by atomic mass is 32.2. The van der Waals surface area contributed by atoms with Crippen LogP contribution in [0.2, 0.25) is 0 Å². The van der Waals surface area contributed by atoms with Crippen LogP contribution >= 0.6 is 11.8 Å². The van der Waals surface area contributed by atoms with E-state index >= 15 is 0 Å². The summed E-state index contributed by atoms with van der Waals surface area (Å²) in [5.41, 5.74) is 3.21. The average molecular weight is 385 g/mol. The van der Waals surface area contributed by atoms with Gasteiger partial charge in [-0.15, -0.1) is 0 Å². The van der Waals surface area contributed by atoms with Gasteiger partial charge in [0.2, 0.25) is 11.9 Å². The van der Waals surface area contributed by atoms with Gasteiger partial charge in [-0.2, -0.15) is 0 Å². The Morgan fingerprint density at radius 2 is 2.07 bits per heavy atom. The van der Waals surface area contributed by atoms with E-state index in [4.69, 9.17) is 0 Å². The van der Waals surface area contributed by atoms with Crippen LogP contribution in [-0.2, 0) is 21.8 Å². The molecule has 0 unspecified atom stereocenters. The minimum absolute atomic E-state index is 0.110. The molecular weight excluding hydrogens is 366 g/mol. The van der Waals surface area contributed by atoms with Crippen molar-refractivity contribution in [3.05, 3.63) is 41.7 Å². The Morgan fingerprint density at radius 1 is 1.26 bits per heavy atom. The van der Waals surface area contributed by atoms with Crippen LogP contribution in [0.4, 0.5) is 17.3 Å². The van der Waals surface area contributed by atoms with Crippen LogP contribution in [0.5, 0.6) is 0 Å². The van der Waals surface area contributed by atoms with E-state index in [1.807, 2.05) is 12.1 Å². The van der Waals surface area contributed by atoms with Gasteiger partial charge >= 0.3 is 5.97 Å². The first kappa shape index (κ1) is 18.8. The molecule has 0 bridgehead atoms. The molecule has 0 fully saturated rings. The zero-order valence-corrected chi connectivity index (χ0v) is 15.5. The second-order valence-corrected chi connectivity index (χ2v) is 6.90. The van der Waals surface area contributed by atoms with Crippen molar-refractivity contribution in [2.24, 2.45) is 4.99 Å². The zero-order chi connectivity index (χ0) is 19.2. The Labute approximate surface area is 160 Å². The van der Waals surface area contributed by atoms with Crippen molar-refractivity contribution in [1.82, 2.24) is 9.97 Å². The number of fused-ring (bicyclic) bond motifs is 1. The second-order valence-electron chi connectivity index (χ2n) is 5.94. The van der Waals surface area contributed by atoms with Crippen LogP contribution in [0.15, 0.2) is 35.5 Å². The van der Waals surface area contributed by atoms with E-state index in [1.54, 1.807) is 18.3 Å². The SMILES string of the molecule is CC(=O)Nc1cccc(Nc2ncc3c(n2)CS/C(C(=O)O)=N\CCC3)c1. The maximum Gasteiger partial charge on any atom is 0.360 e. The minimum Gasteiger partial charge on any atom is -0.476 e. The highest BCUT2D eigenvalue weighted by Gasteiger charge is 2.16. The summed E-state index contributed by atoms with van der Waals surface area (Å²) in [6, 6.07) is 7.24. The summed E-state index contributed by atoms with van der Waals surface area (Å²) >= 11 is 1.17. The Balaban J connectivity index is 1.79.